The summed E-state index contributed by atoms with van der Waals surface area (Å²) in [6, 6.07) is 15.3. The number of fused-ring (bicyclic) bond motifs is 4. The van der Waals surface area contributed by atoms with E-state index in [2.05, 4.69) is 49.4 Å². The van der Waals surface area contributed by atoms with Crippen LogP contribution in [0.15, 0.2) is 47.4 Å². The second-order valence-corrected chi connectivity index (χ2v) is 6.37. The molecule has 0 fully saturated rings. The Morgan fingerprint density at radius 1 is 1.10 bits per heavy atom. The van der Waals surface area contributed by atoms with E-state index >= 15 is 0 Å². The number of thioether (sulfide) groups is 1. The summed E-state index contributed by atoms with van der Waals surface area (Å²) in [5, 5.41) is 0. The van der Waals surface area contributed by atoms with Crippen molar-refractivity contribution in [3.63, 3.8) is 0 Å². The zero-order chi connectivity index (χ0) is 13.7. The highest BCUT2D eigenvalue weighted by Gasteiger charge is 2.32. The minimum atomic E-state index is 0.456. The van der Waals surface area contributed by atoms with Gasteiger partial charge in [0, 0.05) is 16.6 Å². The molecule has 0 radical (unpaired) electrons. The van der Waals surface area contributed by atoms with Gasteiger partial charge in [-0.05, 0) is 46.0 Å². The molecule has 2 aromatic carbocycles. The zero-order valence-electron chi connectivity index (χ0n) is 11.6. The lowest BCUT2D eigenvalue weighted by molar-refractivity contribution is 0.414. The van der Waals surface area contributed by atoms with Crippen molar-refractivity contribution in [1.29, 1.82) is 0 Å². The number of hydrogen-bond donors (Lipinski definition) is 0. The molecule has 2 aliphatic rings. The van der Waals surface area contributed by atoms with E-state index in [-0.39, 0.29) is 0 Å². The molecule has 1 heterocycles. The molecule has 0 amide bonds. The molecule has 1 unspecified atom stereocenters. The van der Waals surface area contributed by atoms with E-state index < -0.39 is 0 Å². The first-order chi connectivity index (χ1) is 9.79. The first-order valence-electron chi connectivity index (χ1n) is 6.93. The molecule has 0 bridgehead atoms. The number of rotatable bonds is 1. The van der Waals surface area contributed by atoms with E-state index in [4.69, 9.17) is 4.74 Å². The Labute approximate surface area is 123 Å². The summed E-state index contributed by atoms with van der Waals surface area (Å²) in [6.07, 6.45) is 0. The summed E-state index contributed by atoms with van der Waals surface area (Å²) >= 11 is 1.95. The normalized spacial score (nSPS) is 19.4. The highest BCUT2D eigenvalue weighted by atomic mass is 32.2. The highest BCUT2D eigenvalue weighted by Crippen LogP contribution is 2.53. The Morgan fingerprint density at radius 2 is 1.95 bits per heavy atom. The molecule has 0 N–H and O–H groups in total. The molecule has 1 aliphatic heterocycles. The summed E-state index contributed by atoms with van der Waals surface area (Å²) in [4.78, 5) is 1.41. The molecule has 20 heavy (non-hydrogen) atoms. The van der Waals surface area contributed by atoms with Gasteiger partial charge in [0.1, 0.15) is 5.75 Å². The maximum absolute atomic E-state index is 5.39. The van der Waals surface area contributed by atoms with Crippen molar-refractivity contribution in [3.05, 3.63) is 59.2 Å². The first-order valence-corrected chi connectivity index (χ1v) is 7.91. The Morgan fingerprint density at radius 3 is 2.80 bits per heavy atom. The number of methoxy groups -OCH3 is 1. The Bertz CT molecular complexity index is 730. The average molecular weight is 280 g/mol. The van der Waals surface area contributed by atoms with Crippen molar-refractivity contribution in [2.75, 3.05) is 12.9 Å². The van der Waals surface area contributed by atoms with E-state index in [9.17, 15) is 0 Å². The van der Waals surface area contributed by atoms with Crippen molar-refractivity contribution in [2.24, 2.45) is 0 Å². The van der Waals surface area contributed by atoms with Gasteiger partial charge in [0.15, 0.2) is 0 Å². The van der Waals surface area contributed by atoms with Crippen molar-refractivity contribution >= 4 is 22.9 Å². The molecular formula is C18H16OS. The summed E-state index contributed by atoms with van der Waals surface area (Å²) in [7, 11) is 1.74. The van der Waals surface area contributed by atoms with Crippen LogP contribution in [-0.2, 0) is 0 Å². The predicted molar refractivity (Wildman–Crippen MR) is 85.4 cm³/mol. The number of hydrogen-bond acceptors (Lipinski definition) is 2. The summed E-state index contributed by atoms with van der Waals surface area (Å²) < 4.78 is 5.39. The van der Waals surface area contributed by atoms with Crippen LogP contribution in [0.2, 0.25) is 0 Å². The van der Waals surface area contributed by atoms with E-state index in [1.165, 1.54) is 32.7 Å². The predicted octanol–water partition coefficient (Wildman–Crippen LogP) is 4.83. The third-order valence-corrected chi connectivity index (χ3v) is 5.46. The number of benzene rings is 2. The molecule has 100 valence electrons. The summed E-state index contributed by atoms with van der Waals surface area (Å²) in [5.41, 5.74) is 7.27. The van der Waals surface area contributed by atoms with Crippen LogP contribution in [0, 0.1) is 0 Å². The Kier molecular flexibility index (Phi) is 2.67. The van der Waals surface area contributed by atoms with Crippen molar-refractivity contribution in [3.8, 4) is 5.75 Å². The van der Waals surface area contributed by atoms with Gasteiger partial charge in [-0.15, -0.1) is 11.8 Å². The lowest BCUT2D eigenvalue weighted by atomic mass is 9.92. The molecule has 0 aromatic heterocycles. The van der Waals surface area contributed by atoms with Crippen LogP contribution in [0.5, 0.6) is 5.75 Å². The second kappa shape index (κ2) is 4.42. The smallest absolute Gasteiger partial charge is 0.119 e. The van der Waals surface area contributed by atoms with Gasteiger partial charge in [-0.1, -0.05) is 31.2 Å². The van der Waals surface area contributed by atoms with Gasteiger partial charge in [0.2, 0.25) is 0 Å². The van der Waals surface area contributed by atoms with Crippen LogP contribution in [0.1, 0.15) is 29.5 Å². The summed E-state index contributed by atoms with van der Waals surface area (Å²) in [5.74, 6) is 2.49. The van der Waals surface area contributed by atoms with Gasteiger partial charge in [-0.2, -0.15) is 0 Å². The van der Waals surface area contributed by atoms with Gasteiger partial charge in [0.25, 0.3) is 0 Å². The number of allylic oxidation sites excluding steroid dienone is 1. The van der Waals surface area contributed by atoms with E-state index in [0.29, 0.717) is 5.92 Å². The topological polar surface area (TPSA) is 9.23 Å². The van der Waals surface area contributed by atoms with Crippen LogP contribution in [-0.4, -0.2) is 12.9 Å². The fraction of sp³-hybridized carbons (Fsp3) is 0.222. The van der Waals surface area contributed by atoms with Gasteiger partial charge in [-0.3, -0.25) is 0 Å². The van der Waals surface area contributed by atoms with Crippen LogP contribution >= 0.6 is 11.8 Å². The molecule has 2 aromatic rings. The van der Waals surface area contributed by atoms with Crippen molar-refractivity contribution in [1.82, 2.24) is 0 Å². The van der Waals surface area contributed by atoms with Gasteiger partial charge in [0.05, 0.1) is 7.11 Å². The van der Waals surface area contributed by atoms with Crippen LogP contribution in [0.25, 0.3) is 11.1 Å². The fourth-order valence-corrected chi connectivity index (χ4v) is 4.50. The minimum Gasteiger partial charge on any atom is -0.497 e. The first kappa shape index (κ1) is 12.1. The Hall–Kier alpha value is -1.67. The molecule has 1 aliphatic carbocycles. The maximum atomic E-state index is 5.39. The minimum absolute atomic E-state index is 0.456. The summed E-state index contributed by atoms with van der Waals surface area (Å²) in [6.45, 7) is 2.31. The molecule has 1 nitrogen and oxygen atoms in total. The SMILES string of the molecule is COc1ccc2c(c1)C(C)C1=C2CSc2ccccc21. The quantitative estimate of drug-likeness (QED) is 0.740. The van der Waals surface area contributed by atoms with E-state index in [1.807, 2.05) is 11.8 Å². The Balaban J connectivity index is 1.92. The lowest BCUT2D eigenvalue weighted by Gasteiger charge is -2.20. The largest absolute Gasteiger partial charge is 0.497 e. The van der Waals surface area contributed by atoms with Gasteiger partial charge < -0.3 is 4.74 Å². The standard InChI is InChI=1S/C18H16OS/c1-11-15-9-12(19-2)7-8-13(15)16-10-20-17-6-4-3-5-14(17)18(11)16/h3-9,11H,10H2,1-2H3. The van der Waals surface area contributed by atoms with Crippen LogP contribution < -0.4 is 4.74 Å². The molecule has 1 atom stereocenters. The average Bonchev–Trinajstić information content (AvgIpc) is 2.80. The van der Waals surface area contributed by atoms with Crippen LogP contribution in [0.4, 0.5) is 0 Å². The van der Waals surface area contributed by atoms with Crippen LogP contribution in [0.3, 0.4) is 0 Å². The molecule has 0 spiro atoms. The third-order valence-electron chi connectivity index (χ3n) is 4.36. The molecule has 4 rings (SSSR count). The van der Waals surface area contributed by atoms with E-state index in [1.54, 1.807) is 7.11 Å². The molecule has 0 saturated heterocycles. The van der Waals surface area contributed by atoms with Gasteiger partial charge >= 0.3 is 0 Å². The van der Waals surface area contributed by atoms with E-state index in [0.717, 1.165) is 11.5 Å². The highest BCUT2D eigenvalue weighted by molar-refractivity contribution is 7.99. The molecule has 0 saturated carbocycles. The molecule has 2 heteroatoms. The third kappa shape index (κ3) is 1.58. The second-order valence-electron chi connectivity index (χ2n) is 5.35. The monoisotopic (exact) mass is 280 g/mol. The lowest BCUT2D eigenvalue weighted by Crippen LogP contribution is -2.00. The fourth-order valence-electron chi connectivity index (χ4n) is 3.38. The van der Waals surface area contributed by atoms with Gasteiger partial charge in [-0.25, -0.2) is 0 Å². The zero-order valence-corrected chi connectivity index (χ0v) is 12.5. The number of ether oxygens (including phenoxy) is 1. The van der Waals surface area contributed by atoms with Crippen molar-refractivity contribution in [2.45, 2.75) is 17.7 Å². The molecular weight excluding hydrogens is 264 g/mol. The van der Waals surface area contributed by atoms with Crippen molar-refractivity contribution < 1.29 is 4.74 Å². The maximum Gasteiger partial charge on any atom is 0.119 e.